The van der Waals surface area contributed by atoms with Gasteiger partial charge in [-0.3, -0.25) is 4.79 Å². The maximum Gasteiger partial charge on any atom is 0.335 e. The molecule has 0 radical (unpaired) electrons. The second-order valence-corrected chi connectivity index (χ2v) is 4.10. The Labute approximate surface area is 102 Å². The number of aliphatic carboxylic acids is 1. The minimum absolute atomic E-state index is 0.212. The van der Waals surface area contributed by atoms with Gasteiger partial charge >= 0.3 is 11.9 Å². The molecule has 0 aromatic rings. The van der Waals surface area contributed by atoms with Crippen LogP contribution in [0.1, 0.15) is 52.4 Å². The first-order valence-corrected chi connectivity index (χ1v) is 6.11. The summed E-state index contributed by atoms with van der Waals surface area (Å²) in [6.07, 6.45) is 1.97. The summed E-state index contributed by atoms with van der Waals surface area (Å²) in [7, 11) is 0. The van der Waals surface area contributed by atoms with E-state index in [4.69, 9.17) is 9.84 Å². The van der Waals surface area contributed by atoms with Crippen LogP contribution in [0.15, 0.2) is 0 Å². The molecule has 0 amide bonds. The fourth-order valence-electron chi connectivity index (χ4n) is 1.51. The van der Waals surface area contributed by atoms with Crippen LogP contribution in [0.4, 0.5) is 0 Å². The molecule has 17 heavy (non-hydrogen) atoms. The Morgan fingerprint density at radius 3 is 2.29 bits per heavy atom. The number of carbonyl (C=O) groups is 2. The molecule has 0 heterocycles. The third kappa shape index (κ3) is 7.74. The summed E-state index contributed by atoms with van der Waals surface area (Å²) < 4.78 is 5.10. The predicted octanol–water partition coefficient (Wildman–Crippen LogP) is 1.72. The van der Waals surface area contributed by atoms with Crippen LogP contribution in [0.3, 0.4) is 0 Å². The molecule has 0 bridgehead atoms. The normalized spacial score (nSPS) is 14.1. The van der Waals surface area contributed by atoms with Crippen molar-refractivity contribution in [2.24, 2.45) is 0 Å². The molecule has 2 unspecified atom stereocenters. The number of carboxylic acid groups (broad SMARTS) is 1. The Kier molecular flexibility index (Phi) is 8.40. The number of rotatable bonds is 9. The average molecular weight is 246 g/mol. The number of esters is 1. The number of hydrogen-bond donors (Lipinski definition) is 2. The molecule has 0 spiro atoms. The van der Waals surface area contributed by atoms with Gasteiger partial charge in [0.15, 0.2) is 6.10 Å². The summed E-state index contributed by atoms with van der Waals surface area (Å²) in [6.45, 7) is 4.03. The number of carbonyl (C=O) groups excluding carboxylic acids is 1. The lowest BCUT2D eigenvalue weighted by molar-refractivity contribution is -0.163. The Hall–Kier alpha value is -1.10. The fraction of sp³-hybridized carbons (Fsp3) is 0.833. The molecule has 5 heteroatoms. The van der Waals surface area contributed by atoms with Gasteiger partial charge in [-0.1, -0.05) is 33.1 Å². The highest BCUT2D eigenvalue weighted by atomic mass is 16.6. The highest BCUT2D eigenvalue weighted by Gasteiger charge is 2.23. The number of aliphatic hydroxyl groups excluding tert-OH is 1. The van der Waals surface area contributed by atoms with Gasteiger partial charge in [0.05, 0.1) is 6.42 Å². The summed E-state index contributed by atoms with van der Waals surface area (Å²) in [5, 5.41) is 17.7. The molecule has 2 atom stereocenters. The van der Waals surface area contributed by atoms with Gasteiger partial charge in [0.2, 0.25) is 0 Å². The Balaban J connectivity index is 4.13. The Bertz CT molecular complexity index is 239. The first-order chi connectivity index (χ1) is 8.01. The monoisotopic (exact) mass is 246 g/mol. The lowest BCUT2D eigenvalue weighted by Gasteiger charge is -2.18. The van der Waals surface area contributed by atoms with Crippen LogP contribution in [0.2, 0.25) is 0 Å². The third-order valence-electron chi connectivity index (χ3n) is 2.41. The zero-order chi connectivity index (χ0) is 13.3. The first kappa shape index (κ1) is 15.9. The summed E-state index contributed by atoms with van der Waals surface area (Å²) >= 11 is 0. The van der Waals surface area contributed by atoms with Crippen molar-refractivity contribution in [3.05, 3.63) is 0 Å². The van der Waals surface area contributed by atoms with E-state index in [0.717, 1.165) is 32.1 Å². The number of unbranched alkanes of at least 4 members (excludes halogenated alkanes) is 1. The molecule has 0 aliphatic heterocycles. The number of hydrogen-bond acceptors (Lipinski definition) is 4. The predicted molar refractivity (Wildman–Crippen MR) is 62.6 cm³/mol. The molecule has 100 valence electrons. The van der Waals surface area contributed by atoms with Crippen molar-refractivity contribution in [2.45, 2.75) is 64.6 Å². The van der Waals surface area contributed by atoms with Crippen molar-refractivity contribution in [1.29, 1.82) is 0 Å². The van der Waals surface area contributed by atoms with Crippen LogP contribution < -0.4 is 0 Å². The van der Waals surface area contributed by atoms with Crippen molar-refractivity contribution in [3.63, 3.8) is 0 Å². The van der Waals surface area contributed by atoms with Crippen molar-refractivity contribution in [1.82, 2.24) is 0 Å². The molecule has 2 N–H and O–H groups in total. The van der Waals surface area contributed by atoms with Crippen LogP contribution in [-0.4, -0.2) is 34.4 Å². The molecular weight excluding hydrogens is 224 g/mol. The lowest BCUT2D eigenvalue weighted by Crippen LogP contribution is -2.30. The largest absolute Gasteiger partial charge is 0.481 e. The van der Waals surface area contributed by atoms with E-state index >= 15 is 0 Å². The van der Waals surface area contributed by atoms with E-state index in [1.807, 2.05) is 13.8 Å². The number of carboxylic acids is 1. The molecule has 0 rings (SSSR count). The second-order valence-electron chi connectivity index (χ2n) is 4.10. The van der Waals surface area contributed by atoms with Gasteiger partial charge in [-0.05, 0) is 12.8 Å². The first-order valence-electron chi connectivity index (χ1n) is 6.11. The molecule has 5 nitrogen and oxygen atoms in total. The molecule has 0 aromatic carbocycles. The highest BCUT2D eigenvalue weighted by Crippen LogP contribution is 2.12. The minimum atomic E-state index is -1.56. The fourth-order valence-corrected chi connectivity index (χ4v) is 1.51. The molecule has 0 aromatic heterocycles. The third-order valence-corrected chi connectivity index (χ3v) is 2.41. The molecule has 0 fully saturated rings. The maximum absolute atomic E-state index is 11.4. The van der Waals surface area contributed by atoms with Crippen molar-refractivity contribution in [2.75, 3.05) is 0 Å². The van der Waals surface area contributed by atoms with E-state index in [1.165, 1.54) is 0 Å². The van der Waals surface area contributed by atoms with Crippen molar-refractivity contribution < 1.29 is 24.5 Å². The van der Waals surface area contributed by atoms with Crippen LogP contribution >= 0.6 is 0 Å². The molecule has 0 saturated heterocycles. The van der Waals surface area contributed by atoms with Gasteiger partial charge in [0, 0.05) is 0 Å². The topological polar surface area (TPSA) is 83.8 Å². The smallest absolute Gasteiger partial charge is 0.335 e. The highest BCUT2D eigenvalue weighted by molar-refractivity contribution is 5.80. The minimum Gasteiger partial charge on any atom is -0.481 e. The van der Waals surface area contributed by atoms with Crippen LogP contribution in [0, 0.1) is 0 Å². The SMILES string of the molecule is CCCCC(CCC)OC(=O)C(O)CC(=O)O. The zero-order valence-electron chi connectivity index (χ0n) is 10.5. The molecule has 0 saturated carbocycles. The molecule has 0 aliphatic carbocycles. The summed E-state index contributed by atoms with van der Waals surface area (Å²) in [5.74, 6) is -2.04. The van der Waals surface area contributed by atoms with Gasteiger partial charge < -0.3 is 14.9 Å². The van der Waals surface area contributed by atoms with Gasteiger partial charge in [0.25, 0.3) is 0 Å². The van der Waals surface area contributed by atoms with Gasteiger partial charge in [-0.25, -0.2) is 4.79 Å². The zero-order valence-corrected chi connectivity index (χ0v) is 10.5. The van der Waals surface area contributed by atoms with Crippen LogP contribution in [0.25, 0.3) is 0 Å². The van der Waals surface area contributed by atoms with Crippen LogP contribution in [0.5, 0.6) is 0 Å². The van der Waals surface area contributed by atoms with Crippen LogP contribution in [-0.2, 0) is 14.3 Å². The second kappa shape index (κ2) is 8.98. The van der Waals surface area contributed by atoms with E-state index in [2.05, 4.69) is 0 Å². The van der Waals surface area contributed by atoms with E-state index in [-0.39, 0.29) is 6.10 Å². The molecule has 0 aliphatic rings. The lowest BCUT2D eigenvalue weighted by atomic mass is 10.1. The van der Waals surface area contributed by atoms with Crippen molar-refractivity contribution in [3.8, 4) is 0 Å². The van der Waals surface area contributed by atoms with E-state index in [9.17, 15) is 14.7 Å². The Morgan fingerprint density at radius 1 is 1.18 bits per heavy atom. The average Bonchev–Trinajstić information content (AvgIpc) is 2.25. The maximum atomic E-state index is 11.4. The van der Waals surface area contributed by atoms with E-state index in [1.54, 1.807) is 0 Å². The Morgan fingerprint density at radius 2 is 1.82 bits per heavy atom. The summed E-state index contributed by atoms with van der Waals surface area (Å²) in [5.41, 5.74) is 0. The van der Waals surface area contributed by atoms with E-state index < -0.39 is 24.5 Å². The van der Waals surface area contributed by atoms with Crippen molar-refractivity contribution >= 4 is 11.9 Å². The van der Waals surface area contributed by atoms with E-state index in [0.29, 0.717) is 0 Å². The van der Waals surface area contributed by atoms with Gasteiger partial charge in [-0.15, -0.1) is 0 Å². The standard InChI is InChI=1S/C12H22O5/c1-3-5-7-9(6-4-2)17-12(16)10(13)8-11(14)15/h9-10,13H,3-8H2,1-2H3,(H,14,15). The van der Waals surface area contributed by atoms with Gasteiger partial charge in [0.1, 0.15) is 6.10 Å². The summed E-state index contributed by atoms with van der Waals surface area (Å²) in [4.78, 5) is 21.7. The molecular formula is C12H22O5. The number of aliphatic hydroxyl groups is 1. The quantitative estimate of drug-likeness (QED) is 0.605. The van der Waals surface area contributed by atoms with Gasteiger partial charge in [-0.2, -0.15) is 0 Å². The number of ether oxygens (including phenoxy) is 1. The summed E-state index contributed by atoms with van der Waals surface area (Å²) in [6, 6.07) is 0.